The van der Waals surface area contributed by atoms with Gasteiger partial charge in [0.05, 0.1) is 25.9 Å². The lowest BCUT2D eigenvalue weighted by molar-refractivity contribution is -0.148. The van der Waals surface area contributed by atoms with Crippen LogP contribution in [-0.2, 0) is 16.1 Å². The van der Waals surface area contributed by atoms with Crippen LogP contribution in [0.25, 0.3) is 0 Å². The minimum atomic E-state index is -0.632. The summed E-state index contributed by atoms with van der Waals surface area (Å²) >= 11 is 3.13. The molecule has 0 fully saturated rings. The summed E-state index contributed by atoms with van der Waals surface area (Å²) in [7, 11) is 1.37. The Morgan fingerprint density at radius 2 is 2.32 bits per heavy atom. The first-order valence-corrected chi connectivity index (χ1v) is 8.70. The molecule has 0 N–H and O–H groups in total. The van der Waals surface area contributed by atoms with Gasteiger partial charge in [-0.3, -0.25) is 0 Å². The van der Waals surface area contributed by atoms with Gasteiger partial charge in [-0.25, -0.2) is 4.79 Å². The molecular formula is C14H15N3O3S2. The Morgan fingerprint density at radius 3 is 3.05 bits per heavy atom. The van der Waals surface area contributed by atoms with Gasteiger partial charge in [0, 0.05) is 0 Å². The summed E-state index contributed by atoms with van der Waals surface area (Å²) in [6.07, 6.45) is 1.34. The lowest BCUT2D eigenvalue weighted by Gasteiger charge is -2.34. The molecule has 22 heavy (non-hydrogen) atoms. The lowest BCUT2D eigenvalue weighted by Crippen LogP contribution is -2.44. The molecule has 1 unspecified atom stereocenters. The molecule has 2 heterocycles. The molecule has 1 atom stereocenters. The normalized spacial score (nSPS) is 16.8. The van der Waals surface area contributed by atoms with Gasteiger partial charge in [-0.05, 0) is 18.4 Å². The highest BCUT2D eigenvalue weighted by Gasteiger charge is 2.31. The van der Waals surface area contributed by atoms with E-state index in [1.54, 1.807) is 23.1 Å². The Labute approximate surface area is 136 Å². The number of aromatic nitrogens is 2. The molecule has 0 radical (unpaired) electrons. The zero-order valence-corrected chi connectivity index (χ0v) is 13.8. The highest BCUT2D eigenvalue weighted by Crippen LogP contribution is 2.34. The topological polar surface area (TPSA) is 64.5 Å². The van der Waals surface area contributed by atoms with Crippen molar-refractivity contribution < 1.29 is 14.3 Å². The number of ether oxygens (including phenoxy) is 2. The minimum Gasteiger partial charge on any atom is -0.475 e. The van der Waals surface area contributed by atoms with Crippen LogP contribution < -0.4 is 9.64 Å². The molecule has 116 valence electrons. The van der Waals surface area contributed by atoms with Crippen LogP contribution >= 0.6 is 23.1 Å². The van der Waals surface area contributed by atoms with E-state index in [0.29, 0.717) is 18.8 Å². The maximum atomic E-state index is 11.8. The van der Waals surface area contributed by atoms with Crippen molar-refractivity contribution in [2.45, 2.75) is 17.0 Å². The molecule has 1 aliphatic rings. The van der Waals surface area contributed by atoms with Crippen molar-refractivity contribution in [1.29, 1.82) is 0 Å². The number of carbonyl (C=O) groups is 1. The molecule has 1 aromatic heterocycles. The summed E-state index contributed by atoms with van der Waals surface area (Å²) in [5, 5.41) is 9.21. The van der Waals surface area contributed by atoms with E-state index >= 15 is 0 Å². The van der Waals surface area contributed by atoms with Crippen molar-refractivity contribution in [3.8, 4) is 5.75 Å². The molecule has 3 rings (SSSR count). The van der Waals surface area contributed by atoms with E-state index in [1.807, 2.05) is 30.5 Å². The smallest absolute Gasteiger partial charge is 0.348 e. The number of anilines is 1. The molecule has 6 nitrogen and oxygen atoms in total. The zero-order valence-electron chi connectivity index (χ0n) is 12.2. The number of rotatable bonds is 4. The molecule has 1 aromatic carbocycles. The van der Waals surface area contributed by atoms with Crippen LogP contribution in [0.15, 0.2) is 28.6 Å². The molecule has 0 bridgehead atoms. The van der Waals surface area contributed by atoms with Gasteiger partial charge in [0.15, 0.2) is 4.34 Å². The fraction of sp³-hybridized carbons (Fsp3) is 0.357. The number of para-hydroxylation sites is 2. The highest BCUT2D eigenvalue weighted by atomic mass is 32.2. The van der Waals surface area contributed by atoms with Gasteiger partial charge in [-0.1, -0.05) is 35.2 Å². The van der Waals surface area contributed by atoms with Crippen LogP contribution in [0.3, 0.4) is 0 Å². The van der Waals surface area contributed by atoms with E-state index in [9.17, 15) is 4.79 Å². The van der Waals surface area contributed by atoms with Crippen LogP contribution in [0.2, 0.25) is 0 Å². The van der Waals surface area contributed by atoms with Crippen molar-refractivity contribution in [3.63, 3.8) is 0 Å². The predicted octanol–water partition coefficient (Wildman–Crippen LogP) is 2.20. The average Bonchev–Trinajstić information content (AvgIpc) is 3.01. The van der Waals surface area contributed by atoms with Gasteiger partial charge >= 0.3 is 5.97 Å². The van der Waals surface area contributed by atoms with Gasteiger partial charge in [-0.2, -0.15) is 0 Å². The van der Waals surface area contributed by atoms with Crippen molar-refractivity contribution >= 4 is 34.8 Å². The van der Waals surface area contributed by atoms with Crippen LogP contribution in [0, 0.1) is 0 Å². The third kappa shape index (κ3) is 3.02. The van der Waals surface area contributed by atoms with E-state index in [1.165, 1.54) is 7.11 Å². The Bertz CT molecular complexity index is 677. The summed E-state index contributed by atoms with van der Waals surface area (Å²) in [5.74, 6) is 0.306. The number of hydrogen-bond donors (Lipinski definition) is 0. The third-order valence-electron chi connectivity index (χ3n) is 3.27. The minimum absolute atomic E-state index is 0.374. The highest BCUT2D eigenvalue weighted by molar-refractivity contribution is 8.00. The fourth-order valence-electron chi connectivity index (χ4n) is 2.26. The van der Waals surface area contributed by atoms with Crippen LogP contribution in [0.4, 0.5) is 5.69 Å². The number of nitrogens with zero attached hydrogens (tertiary/aromatic N) is 3. The van der Waals surface area contributed by atoms with E-state index in [0.717, 1.165) is 15.0 Å². The first-order chi connectivity index (χ1) is 10.7. The Hall–Kier alpha value is -1.80. The van der Waals surface area contributed by atoms with E-state index < -0.39 is 6.10 Å². The quantitative estimate of drug-likeness (QED) is 0.626. The molecule has 0 spiro atoms. The SMILES string of the molecule is COC(=O)C1CN(Cc2nnc(SC)s2)c2ccccc2O1. The predicted molar refractivity (Wildman–Crippen MR) is 85.6 cm³/mol. The summed E-state index contributed by atoms with van der Waals surface area (Å²) in [6.45, 7) is 1.02. The van der Waals surface area contributed by atoms with Gasteiger partial charge in [-0.15, -0.1) is 10.2 Å². The summed E-state index contributed by atoms with van der Waals surface area (Å²) in [6, 6.07) is 7.65. The Morgan fingerprint density at radius 1 is 1.50 bits per heavy atom. The number of fused-ring (bicyclic) bond motifs is 1. The summed E-state index contributed by atoms with van der Waals surface area (Å²) < 4.78 is 11.5. The fourth-order valence-corrected chi connectivity index (χ4v) is 3.59. The van der Waals surface area contributed by atoms with Gasteiger partial charge in [0.2, 0.25) is 6.10 Å². The van der Waals surface area contributed by atoms with Crippen LogP contribution in [0.1, 0.15) is 5.01 Å². The van der Waals surface area contributed by atoms with Crippen molar-refractivity contribution in [1.82, 2.24) is 10.2 Å². The van der Waals surface area contributed by atoms with E-state index in [-0.39, 0.29) is 5.97 Å². The summed E-state index contributed by atoms with van der Waals surface area (Å²) in [4.78, 5) is 13.9. The molecule has 0 amide bonds. The maximum Gasteiger partial charge on any atom is 0.348 e. The first-order valence-electron chi connectivity index (χ1n) is 6.66. The molecule has 2 aromatic rings. The standard InChI is InChI=1S/C14H15N3O3S2/c1-19-13(18)11-7-17(8-12-15-16-14(21-2)22-12)9-5-3-4-6-10(9)20-11/h3-6,11H,7-8H2,1-2H3. The second kappa shape index (κ2) is 6.53. The van der Waals surface area contributed by atoms with Crippen molar-refractivity contribution in [3.05, 3.63) is 29.3 Å². The number of methoxy groups -OCH3 is 1. The van der Waals surface area contributed by atoms with Crippen LogP contribution in [-0.4, -0.2) is 42.2 Å². The van der Waals surface area contributed by atoms with Crippen molar-refractivity contribution in [2.75, 3.05) is 24.8 Å². The second-order valence-corrected chi connectivity index (χ2v) is 6.76. The molecule has 0 aliphatic carbocycles. The van der Waals surface area contributed by atoms with Gasteiger partial charge in [0.25, 0.3) is 0 Å². The zero-order chi connectivity index (χ0) is 15.5. The van der Waals surface area contributed by atoms with Gasteiger partial charge in [0.1, 0.15) is 10.8 Å². The molecule has 1 aliphatic heterocycles. The van der Waals surface area contributed by atoms with Gasteiger partial charge < -0.3 is 14.4 Å². The Kier molecular flexibility index (Phi) is 4.49. The number of thioether (sulfide) groups is 1. The average molecular weight is 337 g/mol. The molecule has 8 heteroatoms. The largest absolute Gasteiger partial charge is 0.475 e. The van der Waals surface area contributed by atoms with Crippen molar-refractivity contribution in [2.24, 2.45) is 0 Å². The molecule has 0 saturated heterocycles. The monoisotopic (exact) mass is 337 g/mol. The van der Waals surface area contributed by atoms with E-state index in [2.05, 4.69) is 15.1 Å². The lowest BCUT2D eigenvalue weighted by atomic mass is 10.2. The number of carbonyl (C=O) groups excluding carboxylic acids is 1. The first kappa shape index (κ1) is 15.1. The number of hydrogen-bond acceptors (Lipinski definition) is 8. The Balaban J connectivity index is 1.86. The second-order valence-electron chi connectivity index (χ2n) is 4.64. The summed E-state index contributed by atoms with van der Waals surface area (Å²) in [5.41, 5.74) is 0.948. The number of esters is 1. The maximum absolute atomic E-state index is 11.8. The van der Waals surface area contributed by atoms with E-state index in [4.69, 9.17) is 9.47 Å². The third-order valence-corrected chi connectivity index (χ3v) is 5.16. The number of benzene rings is 1. The molecule has 0 saturated carbocycles. The molecular weight excluding hydrogens is 322 g/mol. The van der Waals surface area contributed by atoms with Crippen LogP contribution in [0.5, 0.6) is 5.75 Å².